The van der Waals surface area contributed by atoms with Crippen LogP contribution in [0, 0.1) is 18.4 Å². The fraction of sp³-hybridized carbons (Fsp3) is 0.214. The van der Waals surface area contributed by atoms with Gasteiger partial charge < -0.3 is 10.6 Å². The molecule has 208 valence electrons. The van der Waals surface area contributed by atoms with Crippen LogP contribution in [0.25, 0.3) is 11.4 Å². The Labute approximate surface area is 232 Å². The van der Waals surface area contributed by atoms with Crippen LogP contribution in [0.3, 0.4) is 0 Å². The van der Waals surface area contributed by atoms with Gasteiger partial charge in [0, 0.05) is 54.4 Å². The summed E-state index contributed by atoms with van der Waals surface area (Å²) in [4.78, 5) is 31.6. The number of nitrogens with zero attached hydrogens (tertiary/aromatic N) is 4. The molecule has 0 saturated carbocycles. The van der Waals surface area contributed by atoms with E-state index in [1.54, 1.807) is 57.6 Å². The normalized spacial score (nSPS) is 12.8. The number of benzene rings is 2. The summed E-state index contributed by atoms with van der Waals surface area (Å²) in [6, 6.07) is 13.0. The molecule has 0 bridgehead atoms. The maximum atomic E-state index is 13.6. The maximum Gasteiger partial charge on any atom is 0.416 e. The molecule has 1 aromatic heterocycles. The zero-order valence-electron chi connectivity index (χ0n) is 22.2. The molecule has 3 rings (SSSR count). The van der Waals surface area contributed by atoms with Gasteiger partial charge in [0.25, 0.3) is 11.5 Å². The van der Waals surface area contributed by atoms with Gasteiger partial charge in [0.2, 0.25) is 6.19 Å². The molecule has 0 fully saturated rings. The van der Waals surface area contributed by atoms with Gasteiger partial charge in [0.05, 0.1) is 5.56 Å². The Hall–Kier alpha value is -4.50. The van der Waals surface area contributed by atoms with Gasteiger partial charge in [-0.3, -0.25) is 19.1 Å². The lowest BCUT2D eigenvalue weighted by Crippen LogP contribution is -2.34. The number of allylic oxidation sites excluding steroid dienone is 1. The molecular formula is C28H27F3N6O2S. The van der Waals surface area contributed by atoms with Gasteiger partial charge in [-0.15, -0.1) is 4.36 Å². The van der Waals surface area contributed by atoms with E-state index in [0.29, 0.717) is 17.0 Å². The van der Waals surface area contributed by atoms with Crippen LogP contribution >= 0.6 is 0 Å². The number of nitriles is 1. The summed E-state index contributed by atoms with van der Waals surface area (Å²) in [6.45, 7) is 1.68. The second-order valence-electron chi connectivity index (χ2n) is 8.48. The van der Waals surface area contributed by atoms with Crippen molar-refractivity contribution < 1.29 is 18.0 Å². The summed E-state index contributed by atoms with van der Waals surface area (Å²) < 4.78 is 45.3. The zero-order chi connectivity index (χ0) is 29.4. The van der Waals surface area contributed by atoms with Crippen molar-refractivity contribution in [1.82, 2.24) is 15.2 Å². The predicted octanol–water partition coefficient (Wildman–Crippen LogP) is 4.63. The Kier molecular flexibility index (Phi) is 9.79. The molecule has 0 aliphatic heterocycles. The molecule has 8 nitrogen and oxygen atoms in total. The third-order valence-electron chi connectivity index (χ3n) is 5.97. The number of halogens is 3. The fourth-order valence-electron chi connectivity index (χ4n) is 3.92. The Morgan fingerprint density at radius 1 is 1.15 bits per heavy atom. The molecule has 1 amide bonds. The largest absolute Gasteiger partial charge is 0.416 e. The molecule has 40 heavy (non-hydrogen) atoms. The van der Waals surface area contributed by atoms with Crippen LogP contribution in [0.5, 0.6) is 0 Å². The molecule has 3 aromatic rings. The maximum absolute atomic E-state index is 13.6. The minimum Gasteiger partial charge on any atom is -0.388 e. The van der Waals surface area contributed by atoms with Gasteiger partial charge in [-0.2, -0.15) is 18.4 Å². The molecule has 0 aliphatic carbocycles. The number of nitrogens with one attached hydrogen (secondary N) is 2. The molecule has 12 heteroatoms. The molecule has 2 aromatic carbocycles. The van der Waals surface area contributed by atoms with Crippen molar-refractivity contribution in [2.24, 2.45) is 9.36 Å². The van der Waals surface area contributed by atoms with Crippen LogP contribution in [-0.2, 0) is 23.4 Å². The monoisotopic (exact) mass is 568 g/mol. The number of pyridine rings is 1. The van der Waals surface area contributed by atoms with Crippen LogP contribution in [-0.4, -0.2) is 37.0 Å². The van der Waals surface area contributed by atoms with Crippen molar-refractivity contribution in [2.75, 3.05) is 20.4 Å². The van der Waals surface area contributed by atoms with E-state index in [0.717, 1.165) is 27.2 Å². The zero-order valence-corrected chi connectivity index (χ0v) is 23.0. The number of alkyl halides is 3. The lowest BCUT2D eigenvalue weighted by molar-refractivity contribution is -0.137. The highest BCUT2D eigenvalue weighted by molar-refractivity contribution is 7.86. The van der Waals surface area contributed by atoms with Crippen molar-refractivity contribution in [3.05, 3.63) is 99.0 Å². The van der Waals surface area contributed by atoms with Crippen molar-refractivity contribution >= 4 is 28.5 Å². The second kappa shape index (κ2) is 13.0. The molecule has 0 saturated heterocycles. The first-order valence-corrected chi connectivity index (χ1v) is 13.5. The van der Waals surface area contributed by atoms with E-state index in [2.05, 4.69) is 20.0 Å². The van der Waals surface area contributed by atoms with Gasteiger partial charge in [-0.05, 0) is 61.2 Å². The van der Waals surface area contributed by atoms with Crippen molar-refractivity contribution in [3.63, 3.8) is 0 Å². The predicted molar refractivity (Wildman–Crippen MR) is 150 cm³/mol. The Bertz CT molecular complexity index is 1600. The smallest absolute Gasteiger partial charge is 0.388 e. The van der Waals surface area contributed by atoms with E-state index in [1.165, 1.54) is 24.4 Å². The highest BCUT2D eigenvalue weighted by Gasteiger charge is 2.31. The van der Waals surface area contributed by atoms with Crippen LogP contribution in [0.15, 0.2) is 79.7 Å². The number of carbonyl (C=O) groups is 1. The summed E-state index contributed by atoms with van der Waals surface area (Å²) >= 11 is 0. The number of amides is 1. The van der Waals surface area contributed by atoms with Gasteiger partial charge in [-0.25, -0.2) is 0 Å². The van der Waals surface area contributed by atoms with Gasteiger partial charge in [0.15, 0.2) is 0 Å². The highest BCUT2D eigenvalue weighted by Crippen LogP contribution is 2.31. The third-order valence-corrected chi connectivity index (χ3v) is 7.28. The molecule has 1 atom stereocenters. The average molecular weight is 569 g/mol. The Morgan fingerprint density at radius 3 is 2.45 bits per heavy atom. The number of rotatable bonds is 8. The minimum absolute atomic E-state index is 0.0267. The van der Waals surface area contributed by atoms with Crippen LogP contribution in [0.4, 0.5) is 13.2 Å². The van der Waals surface area contributed by atoms with Gasteiger partial charge >= 0.3 is 6.18 Å². The van der Waals surface area contributed by atoms with Crippen molar-refractivity contribution in [2.45, 2.75) is 24.5 Å². The SMILES string of the molecule is CN=C/C=C(\NC)c1cc(C(=O)NCc2ccc(S(C)=NC#N)cc2)c(=O)n(-c2cccc(C(F)(F)F)c2)c1C. The summed E-state index contributed by atoms with van der Waals surface area (Å²) in [5, 5.41) is 14.5. The number of carbonyl (C=O) groups excluding carboxylic acids is 1. The number of aromatic nitrogens is 1. The second-order valence-corrected chi connectivity index (χ2v) is 10.1. The molecule has 1 unspecified atom stereocenters. The van der Waals surface area contributed by atoms with Gasteiger partial charge in [-0.1, -0.05) is 28.9 Å². The Morgan fingerprint density at radius 2 is 1.85 bits per heavy atom. The van der Waals surface area contributed by atoms with E-state index >= 15 is 0 Å². The highest BCUT2D eigenvalue weighted by atomic mass is 32.2. The standard InChI is InChI=1S/C28H27F3N6O2S/c1-18-23(25(34-3)12-13-33-2)15-24(27(39)37(18)21-7-5-6-20(14-21)28(29,30)31)26(38)35-16-19-8-10-22(11-9-19)40(4)36-17-32/h5-15,34H,16H2,1-4H3,(H,35,38)/b25-12-,33-13?. The first-order chi connectivity index (χ1) is 19.0. The van der Waals surface area contributed by atoms with Crippen molar-refractivity contribution in [1.29, 1.82) is 5.26 Å². The summed E-state index contributed by atoms with van der Waals surface area (Å²) in [6.07, 6.45) is 2.12. The van der Waals surface area contributed by atoms with Crippen molar-refractivity contribution in [3.8, 4) is 11.9 Å². The van der Waals surface area contributed by atoms with Crippen LogP contribution in [0.2, 0.25) is 0 Å². The molecule has 0 spiro atoms. The Balaban J connectivity index is 2.09. The minimum atomic E-state index is -4.62. The molecular weight excluding hydrogens is 541 g/mol. The van der Waals surface area contributed by atoms with E-state index in [1.807, 2.05) is 6.26 Å². The molecule has 0 radical (unpaired) electrons. The molecule has 2 N–H and O–H groups in total. The quantitative estimate of drug-likeness (QED) is 0.305. The first-order valence-electron chi connectivity index (χ1n) is 11.9. The average Bonchev–Trinajstić information content (AvgIpc) is 2.93. The van der Waals surface area contributed by atoms with Gasteiger partial charge in [0.1, 0.15) is 5.56 Å². The van der Waals surface area contributed by atoms with Crippen LogP contribution < -0.4 is 16.2 Å². The number of aliphatic imine (C=N–C) groups is 1. The van der Waals surface area contributed by atoms with E-state index in [9.17, 15) is 22.8 Å². The van der Waals surface area contributed by atoms with E-state index < -0.39 is 33.9 Å². The topological polar surface area (TPSA) is 112 Å². The summed E-state index contributed by atoms with van der Waals surface area (Å²) in [5.41, 5.74) is 0.0628. The summed E-state index contributed by atoms with van der Waals surface area (Å²) in [5.74, 6) is -0.689. The number of hydrogen-bond acceptors (Lipinski definition) is 6. The van der Waals surface area contributed by atoms with E-state index in [-0.39, 0.29) is 17.8 Å². The van der Waals surface area contributed by atoms with Crippen LogP contribution in [0.1, 0.15) is 32.7 Å². The lowest BCUT2D eigenvalue weighted by Gasteiger charge is -2.19. The number of hydrogen-bond donors (Lipinski definition) is 2. The third kappa shape index (κ3) is 6.92. The van der Waals surface area contributed by atoms with E-state index in [4.69, 9.17) is 5.26 Å². The fourth-order valence-corrected chi connectivity index (χ4v) is 4.68. The first kappa shape index (κ1) is 30.0. The summed E-state index contributed by atoms with van der Waals surface area (Å²) in [7, 11) is 2.63. The molecule has 1 heterocycles. The molecule has 0 aliphatic rings. The lowest BCUT2D eigenvalue weighted by atomic mass is 10.0.